The highest BCUT2D eigenvalue weighted by Crippen LogP contribution is 1.84. The van der Waals surface area contributed by atoms with E-state index in [4.69, 9.17) is 0 Å². The number of rotatable bonds is 6. The van der Waals surface area contributed by atoms with Crippen LogP contribution in [-0.4, -0.2) is 30.8 Å². The first-order valence-corrected chi connectivity index (χ1v) is 4.17. The van der Waals surface area contributed by atoms with Crippen LogP contribution in [0.5, 0.6) is 0 Å². The Labute approximate surface area is 82.1 Å². The van der Waals surface area contributed by atoms with Crippen LogP contribution in [0.3, 0.4) is 0 Å². The molecule has 0 saturated heterocycles. The SMILES string of the molecule is C=CC(=O)NCC(=O)OCC(=O)CC. The summed E-state index contributed by atoms with van der Waals surface area (Å²) in [6, 6.07) is 0. The number of amides is 1. The average Bonchev–Trinajstić information content (AvgIpc) is 2.22. The van der Waals surface area contributed by atoms with E-state index in [2.05, 4.69) is 16.6 Å². The molecule has 1 amide bonds. The van der Waals surface area contributed by atoms with E-state index in [1.165, 1.54) is 0 Å². The van der Waals surface area contributed by atoms with Gasteiger partial charge < -0.3 is 10.1 Å². The van der Waals surface area contributed by atoms with Crippen molar-refractivity contribution in [2.75, 3.05) is 13.2 Å². The van der Waals surface area contributed by atoms with E-state index in [0.717, 1.165) is 6.08 Å². The number of nitrogens with one attached hydrogen (secondary N) is 1. The Morgan fingerprint density at radius 3 is 2.57 bits per heavy atom. The quantitative estimate of drug-likeness (QED) is 0.475. The Bertz CT molecular complexity index is 247. The number of carbonyl (C=O) groups is 3. The van der Waals surface area contributed by atoms with Crippen molar-refractivity contribution in [2.24, 2.45) is 0 Å². The first kappa shape index (κ1) is 12.3. The molecule has 0 aliphatic rings. The predicted octanol–water partition coefficient (Wildman–Crippen LogP) is -0.189. The van der Waals surface area contributed by atoms with Crippen LogP contribution < -0.4 is 5.32 Å². The summed E-state index contributed by atoms with van der Waals surface area (Å²) in [5.41, 5.74) is 0. The van der Waals surface area contributed by atoms with Crippen LogP contribution in [0.15, 0.2) is 12.7 Å². The van der Waals surface area contributed by atoms with E-state index in [1.54, 1.807) is 6.92 Å². The first-order chi connectivity index (χ1) is 6.60. The Balaban J connectivity index is 3.61. The monoisotopic (exact) mass is 199 g/mol. The molecule has 14 heavy (non-hydrogen) atoms. The maximum atomic E-state index is 10.9. The predicted molar refractivity (Wildman–Crippen MR) is 49.5 cm³/mol. The summed E-state index contributed by atoms with van der Waals surface area (Å²) in [6.07, 6.45) is 1.37. The van der Waals surface area contributed by atoms with Gasteiger partial charge in [0.2, 0.25) is 5.91 Å². The molecule has 0 rings (SSSR count). The van der Waals surface area contributed by atoms with Crippen LogP contribution in [-0.2, 0) is 19.1 Å². The zero-order chi connectivity index (χ0) is 11.0. The molecule has 0 fully saturated rings. The van der Waals surface area contributed by atoms with E-state index < -0.39 is 11.9 Å². The lowest BCUT2D eigenvalue weighted by atomic mass is 10.3. The van der Waals surface area contributed by atoms with Gasteiger partial charge in [0.25, 0.3) is 0 Å². The van der Waals surface area contributed by atoms with Gasteiger partial charge in [-0.25, -0.2) is 0 Å². The van der Waals surface area contributed by atoms with E-state index in [9.17, 15) is 14.4 Å². The van der Waals surface area contributed by atoms with Crippen LogP contribution in [0.25, 0.3) is 0 Å². The Kier molecular flexibility index (Phi) is 6.02. The number of ketones is 1. The summed E-state index contributed by atoms with van der Waals surface area (Å²) < 4.78 is 4.55. The normalized spacial score (nSPS) is 8.93. The molecule has 0 aromatic heterocycles. The first-order valence-electron chi connectivity index (χ1n) is 4.17. The Hall–Kier alpha value is -1.65. The topological polar surface area (TPSA) is 72.5 Å². The third kappa shape index (κ3) is 5.93. The molecule has 0 aromatic carbocycles. The number of esters is 1. The lowest BCUT2D eigenvalue weighted by Crippen LogP contribution is -2.30. The zero-order valence-corrected chi connectivity index (χ0v) is 8.04. The lowest BCUT2D eigenvalue weighted by molar-refractivity contribution is -0.147. The second-order valence-electron chi connectivity index (χ2n) is 2.47. The number of hydrogen-bond donors (Lipinski definition) is 1. The summed E-state index contributed by atoms with van der Waals surface area (Å²) in [7, 11) is 0. The summed E-state index contributed by atoms with van der Waals surface area (Å²) in [5, 5.41) is 2.23. The molecule has 0 aromatic rings. The third-order valence-electron chi connectivity index (χ3n) is 1.38. The smallest absolute Gasteiger partial charge is 0.325 e. The molecule has 0 bridgehead atoms. The molecular weight excluding hydrogens is 186 g/mol. The van der Waals surface area contributed by atoms with Gasteiger partial charge in [0, 0.05) is 6.42 Å². The highest BCUT2D eigenvalue weighted by molar-refractivity contribution is 5.90. The fraction of sp³-hybridized carbons (Fsp3) is 0.444. The van der Waals surface area contributed by atoms with Crippen molar-refractivity contribution < 1.29 is 19.1 Å². The van der Waals surface area contributed by atoms with Crippen LogP contribution >= 0.6 is 0 Å². The van der Waals surface area contributed by atoms with Crippen LogP contribution in [0.4, 0.5) is 0 Å². The van der Waals surface area contributed by atoms with Gasteiger partial charge in [0.1, 0.15) is 13.2 Å². The summed E-state index contributed by atoms with van der Waals surface area (Å²) in [5.74, 6) is -1.25. The molecular formula is C9H13NO4. The highest BCUT2D eigenvalue weighted by Gasteiger charge is 2.06. The van der Waals surface area contributed by atoms with Gasteiger partial charge in [-0.2, -0.15) is 0 Å². The van der Waals surface area contributed by atoms with Crippen molar-refractivity contribution in [3.05, 3.63) is 12.7 Å². The maximum absolute atomic E-state index is 10.9. The molecule has 0 atom stereocenters. The van der Waals surface area contributed by atoms with E-state index in [1.807, 2.05) is 0 Å². The molecule has 78 valence electrons. The van der Waals surface area contributed by atoms with Gasteiger partial charge in [0.05, 0.1) is 0 Å². The van der Waals surface area contributed by atoms with Crippen molar-refractivity contribution >= 4 is 17.7 Å². The summed E-state index contributed by atoms with van der Waals surface area (Å²) >= 11 is 0. The minimum absolute atomic E-state index is 0.159. The summed E-state index contributed by atoms with van der Waals surface area (Å²) in [4.78, 5) is 32.2. The van der Waals surface area contributed by atoms with Gasteiger partial charge in [-0.15, -0.1) is 0 Å². The van der Waals surface area contributed by atoms with Crippen molar-refractivity contribution in [1.82, 2.24) is 5.32 Å². The van der Waals surface area contributed by atoms with Crippen molar-refractivity contribution in [3.8, 4) is 0 Å². The molecule has 0 heterocycles. The molecule has 0 radical (unpaired) electrons. The van der Waals surface area contributed by atoms with E-state index >= 15 is 0 Å². The fourth-order valence-electron chi connectivity index (χ4n) is 0.546. The highest BCUT2D eigenvalue weighted by atomic mass is 16.5. The Morgan fingerprint density at radius 2 is 2.07 bits per heavy atom. The molecule has 0 saturated carbocycles. The molecule has 5 nitrogen and oxygen atoms in total. The number of hydrogen-bond acceptors (Lipinski definition) is 4. The molecule has 0 aliphatic carbocycles. The largest absolute Gasteiger partial charge is 0.456 e. The van der Waals surface area contributed by atoms with Gasteiger partial charge in [0.15, 0.2) is 5.78 Å². The van der Waals surface area contributed by atoms with E-state index in [0.29, 0.717) is 6.42 Å². The standard InChI is InChI=1S/C9H13NO4/c1-3-7(11)6-14-9(13)5-10-8(12)4-2/h4H,2-3,5-6H2,1H3,(H,10,12). The van der Waals surface area contributed by atoms with Crippen molar-refractivity contribution in [3.63, 3.8) is 0 Å². The molecule has 5 heteroatoms. The number of ether oxygens (including phenoxy) is 1. The van der Waals surface area contributed by atoms with Crippen LogP contribution in [0.2, 0.25) is 0 Å². The van der Waals surface area contributed by atoms with Gasteiger partial charge >= 0.3 is 5.97 Å². The van der Waals surface area contributed by atoms with Crippen molar-refractivity contribution in [1.29, 1.82) is 0 Å². The minimum atomic E-state index is -0.637. The maximum Gasteiger partial charge on any atom is 0.325 e. The van der Waals surface area contributed by atoms with Crippen molar-refractivity contribution in [2.45, 2.75) is 13.3 Å². The number of carbonyl (C=O) groups excluding carboxylic acids is 3. The summed E-state index contributed by atoms with van der Waals surface area (Å²) in [6.45, 7) is 4.40. The van der Waals surface area contributed by atoms with Crippen LogP contribution in [0, 0.1) is 0 Å². The zero-order valence-electron chi connectivity index (χ0n) is 8.04. The molecule has 0 unspecified atom stereocenters. The number of Topliss-reactive ketones (excluding diaryl/α,β-unsaturated/α-hetero) is 1. The molecule has 0 aliphatic heterocycles. The van der Waals surface area contributed by atoms with Crippen LogP contribution in [0.1, 0.15) is 13.3 Å². The average molecular weight is 199 g/mol. The third-order valence-corrected chi connectivity index (χ3v) is 1.38. The second kappa shape index (κ2) is 6.82. The fourth-order valence-corrected chi connectivity index (χ4v) is 0.546. The molecule has 0 spiro atoms. The van der Waals surface area contributed by atoms with E-state index in [-0.39, 0.29) is 18.9 Å². The molecule has 1 N–H and O–H groups in total. The minimum Gasteiger partial charge on any atom is -0.456 e. The van der Waals surface area contributed by atoms with Gasteiger partial charge in [-0.05, 0) is 6.08 Å². The second-order valence-corrected chi connectivity index (χ2v) is 2.47. The van der Waals surface area contributed by atoms with Gasteiger partial charge in [-0.3, -0.25) is 14.4 Å². The lowest BCUT2D eigenvalue weighted by Gasteiger charge is -2.03. The Morgan fingerprint density at radius 1 is 1.43 bits per heavy atom. The van der Waals surface area contributed by atoms with Gasteiger partial charge in [-0.1, -0.05) is 13.5 Å².